The molecule has 0 bridgehead atoms. The molecule has 0 amide bonds. The molecule has 0 aliphatic heterocycles. The van der Waals surface area contributed by atoms with E-state index in [1.807, 2.05) is 6.92 Å². The van der Waals surface area contributed by atoms with Crippen molar-refractivity contribution in [1.82, 2.24) is 0 Å². The molecular weight excluding hydrogens is 196 g/mol. The van der Waals surface area contributed by atoms with Gasteiger partial charge in [-0.15, -0.1) is 0 Å². The molecule has 0 spiro atoms. The van der Waals surface area contributed by atoms with E-state index in [2.05, 4.69) is 49.3 Å². The Kier molecular flexibility index (Phi) is 2.65. The number of hydrazone groups is 1. The quantitative estimate of drug-likeness (QED) is 0.440. The van der Waals surface area contributed by atoms with Crippen LogP contribution in [-0.2, 0) is 0 Å². The van der Waals surface area contributed by atoms with Crippen molar-refractivity contribution in [2.45, 2.75) is 20.8 Å². The Balaban J connectivity index is 2.83. The van der Waals surface area contributed by atoms with Crippen LogP contribution in [0.5, 0.6) is 0 Å². The molecule has 2 rings (SSSR count). The Labute approximate surface area is 95.8 Å². The molecule has 0 atom stereocenters. The highest BCUT2D eigenvalue weighted by molar-refractivity contribution is 6.04. The largest absolute Gasteiger partial charge is 0.323 e. The monoisotopic (exact) mass is 212 g/mol. The maximum Gasteiger partial charge on any atom is 0.0644 e. The molecule has 2 N–H and O–H groups in total. The van der Waals surface area contributed by atoms with Crippen LogP contribution >= 0.6 is 0 Å². The summed E-state index contributed by atoms with van der Waals surface area (Å²) in [6, 6.07) is 10.6. The lowest BCUT2D eigenvalue weighted by Crippen LogP contribution is -2.02. The maximum atomic E-state index is 5.34. The van der Waals surface area contributed by atoms with Gasteiger partial charge in [-0.25, -0.2) is 0 Å². The first-order chi connectivity index (χ1) is 7.65. The van der Waals surface area contributed by atoms with Gasteiger partial charge in [-0.1, -0.05) is 30.3 Å². The summed E-state index contributed by atoms with van der Waals surface area (Å²) >= 11 is 0. The molecule has 0 unspecified atom stereocenters. The normalized spacial score (nSPS) is 12.1. The summed E-state index contributed by atoms with van der Waals surface area (Å²) in [7, 11) is 0. The van der Waals surface area contributed by atoms with Crippen LogP contribution in [-0.4, -0.2) is 5.71 Å². The molecule has 0 radical (unpaired) electrons. The van der Waals surface area contributed by atoms with E-state index in [-0.39, 0.29) is 0 Å². The van der Waals surface area contributed by atoms with E-state index in [1.54, 1.807) is 0 Å². The molecule has 2 aromatic rings. The van der Waals surface area contributed by atoms with Gasteiger partial charge in [0.2, 0.25) is 0 Å². The summed E-state index contributed by atoms with van der Waals surface area (Å²) in [5, 5.41) is 6.35. The fourth-order valence-electron chi connectivity index (χ4n) is 2.24. The van der Waals surface area contributed by atoms with E-state index >= 15 is 0 Å². The van der Waals surface area contributed by atoms with Gasteiger partial charge in [0.25, 0.3) is 0 Å². The zero-order valence-corrected chi connectivity index (χ0v) is 9.91. The first-order valence-electron chi connectivity index (χ1n) is 5.39. The first kappa shape index (κ1) is 10.7. The molecule has 2 nitrogen and oxygen atoms in total. The third-order valence-electron chi connectivity index (χ3n) is 3.10. The fraction of sp³-hybridized carbons (Fsp3) is 0.214. The minimum Gasteiger partial charge on any atom is -0.323 e. The van der Waals surface area contributed by atoms with E-state index in [9.17, 15) is 0 Å². The molecular formula is C14H16N2. The van der Waals surface area contributed by atoms with Gasteiger partial charge >= 0.3 is 0 Å². The summed E-state index contributed by atoms with van der Waals surface area (Å²) in [6.45, 7) is 6.19. The predicted molar refractivity (Wildman–Crippen MR) is 69.8 cm³/mol. The van der Waals surface area contributed by atoms with E-state index < -0.39 is 0 Å². The second kappa shape index (κ2) is 3.97. The number of hydrogen-bond acceptors (Lipinski definition) is 2. The maximum absolute atomic E-state index is 5.34. The Bertz CT molecular complexity index is 568. The fourth-order valence-corrected chi connectivity index (χ4v) is 2.24. The highest BCUT2D eigenvalue weighted by Gasteiger charge is 2.07. The molecule has 16 heavy (non-hydrogen) atoms. The lowest BCUT2D eigenvalue weighted by atomic mass is 9.95. The van der Waals surface area contributed by atoms with E-state index in [0.29, 0.717) is 0 Å². The molecule has 82 valence electrons. The molecule has 2 aromatic carbocycles. The van der Waals surface area contributed by atoms with Crippen LogP contribution in [0.1, 0.15) is 23.6 Å². The van der Waals surface area contributed by atoms with Gasteiger partial charge in [0.05, 0.1) is 5.71 Å². The average molecular weight is 212 g/mol. The standard InChI is InChI=1S/C14H16N2/c1-9-5-4-6-12-7-8-13(11(3)16-15)10(2)14(9)12/h4-8H,15H2,1-3H3/b16-11+. The minimum atomic E-state index is 0.877. The molecule has 0 fully saturated rings. The number of aryl methyl sites for hydroxylation is 2. The predicted octanol–water partition coefficient (Wildman–Crippen LogP) is 3.14. The number of nitrogens with zero attached hydrogens (tertiary/aromatic N) is 1. The second-order valence-electron chi connectivity index (χ2n) is 4.13. The van der Waals surface area contributed by atoms with Crippen molar-refractivity contribution in [3.8, 4) is 0 Å². The Hall–Kier alpha value is -1.83. The van der Waals surface area contributed by atoms with Crippen molar-refractivity contribution >= 4 is 16.5 Å². The van der Waals surface area contributed by atoms with Gasteiger partial charge < -0.3 is 5.84 Å². The third kappa shape index (κ3) is 1.56. The number of nitrogens with two attached hydrogens (primary N) is 1. The summed E-state index contributed by atoms with van der Waals surface area (Å²) in [6.07, 6.45) is 0. The van der Waals surface area contributed by atoms with Crippen LogP contribution in [0.3, 0.4) is 0 Å². The highest BCUT2D eigenvalue weighted by atomic mass is 15.1. The van der Waals surface area contributed by atoms with Crippen LogP contribution in [0, 0.1) is 13.8 Å². The van der Waals surface area contributed by atoms with Crippen LogP contribution in [0.15, 0.2) is 35.4 Å². The summed E-state index contributed by atoms with van der Waals surface area (Å²) < 4.78 is 0. The van der Waals surface area contributed by atoms with Gasteiger partial charge in [0.1, 0.15) is 0 Å². The highest BCUT2D eigenvalue weighted by Crippen LogP contribution is 2.25. The molecule has 0 aliphatic carbocycles. The molecule has 0 heterocycles. The van der Waals surface area contributed by atoms with Gasteiger partial charge in [-0.3, -0.25) is 0 Å². The zero-order valence-electron chi connectivity index (χ0n) is 9.91. The summed E-state index contributed by atoms with van der Waals surface area (Å²) in [4.78, 5) is 0. The Morgan fingerprint density at radius 1 is 1.12 bits per heavy atom. The lowest BCUT2D eigenvalue weighted by Gasteiger charge is -2.10. The van der Waals surface area contributed by atoms with Crippen LogP contribution in [0.2, 0.25) is 0 Å². The number of hydrogen-bond donors (Lipinski definition) is 1. The number of rotatable bonds is 1. The van der Waals surface area contributed by atoms with Crippen molar-refractivity contribution in [3.63, 3.8) is 0 Å². The molecule has 2 heteroatoms. The summed E-state index contributed by atoms with van der Waals surface area (Å²) in [5.41, 5.74) is 4.55. The lowest BCUT2D eigenvalue weighted by molar-refractivity contribution is 1.23. The first-order valence-corrected chi connectivity index (χ1v) is 5.39. The van der Waals surface area contributed by atoms with Crippen LogP contribution < -0.4 is 5.84 Å². The Morgan fingerprint density at radius 3 is 2.56 bits per heavy atom. The zero-order chi connectivity index (χ0) is 11.7. The SMILES string of the molecule is C/C(=N\N)c1ccc2cccc(C)c2c1C. The van der Waals surface area contributed by atoms with Crippen LogP contribution in [0.4, 0.5) is 0 Å². The smallest absolute Gasteiger partial charge is 0.0644 e. The van der Waals surface area contributed by atoms with Crippen molar-refractivity contribution < 1.29 is 0 Å². The third-order valence-corrected chi connectivity index (χ3v) is 3.10. The van der Waals surface area contributed by atoms with Crippen molar-refractivity contribution in [1.29, 1.82) is 0 Å². The number of benzene rings is 2. The molecule has 0 aliphatic rings. The minimum absolute atomic E-state index is 0.877. The van der Waals surface area contributed by atoms with E-state index in [4.69, 9.17) is 5.84 Å². The number of fused-ring (bicyclic) bond motifs is 1. The van der Waals surface area contributed by atoms with Crippen molar-refractivity contribution in [2.75, 3.05) is 0 Å². The van der Waals surface area contributed by atoms with E-state index in [0.717, 1.165) is 11.3 Å². The van der Waals surface area contributed by atoms with Crippen molar-refractivity contribution in [2.24, 2.45) is 10.9 Å². The van der Waals surface area contributed by atoms with Gasteiger partial charge in [0.15, 0.2) is 0 Å². The molecule has 0 saturated carbocycles. The van der Waals surface area contributed by atoms with E-state index in [1.165, 1.54) is 21.9 Å². The second-order valence-corrected chi connectivity index (χ2v) is 4.13. The Morgan fingerprint density at radius 2 is 1.88 bits per heavy atom. The van der Waals surface area contributed by atoms with Crippen molar-refractivity contribution in [3.05, 3.63) is 47.0 Å². The van der Waals surface area contributed by atoms with Gasteiger partial charge in [-0.2, -0.15) is 5.10 Å². The molecule has 0 aromatic heterocycles. The molecule has 0 saturated heterocycles. The van der Waals surface area contributed by atoms with Crippen LogP contribution in [0.25, 0.3) is 10.8 Å². The average Bonchev–Trinajstić information content (AvgIpc) is 2.28. The van der Waals surface area contributed by atoms with Gasteiger partial charge in [-0.05, 0) is 42.7 Å². The van der Waals surface area contributed by atoms with Gasteiger partial charge in [0, 0.05) is 5.56 Å². The summed E-state index contributed by atoms with van der Waals surface area (Å²) in [5.74, 6) is 5.34. The topological polar surface area (TPSA) is 38.4 Å².